The van der Waals surface area contributed by atoms with Crippen LogP contribution in [0.1, 0.15) is 22.3 Å². The summed E-state index contributed by atoms with van der Waals surface area (Å²) in [4.78, 5) is 24.1. The Labute approximate surface area is 171 Å². The van der Waals surface area contributed by atoms with Gasteiger partial charge in [-0.05, 0) is 61.4 Å². The minimum atomic E-state index is -3.27. The summed E-state index contributed by atoms with van der Waals surface area (Å²) in [6.07, 6.45) is 0.582. The van der Waals surface area contributed by atoms with Crippen LogP contribution < -0.4 is 9.62 Å². The van der Waals surface area contributed by atoms with Crippen LogP contribution in [0.25, 0.3) is 0 Å². The second-order valence-electron chi connectivity index (χ2n) is 6.38. The predicted molar refractivity (Wildman–Crippen MR) is 110 cm³/mol. The molecule has 0 radical (unpaired) electrons. The zero-order valence-corrected chi connectivity index (χ0v) is 17.5. The Morgan fingerprint density at radius 3 is 2.50 bits per heavy atom. The van der Waals surface area contributed by atoms with Crippen LogP contribution >= 0.6 is 15.9 Å². The van der Waals surface area contributed by atoms with Crippen LogP contribution in [0.15, 0.2) is 46.9 Å². The SMILES string of the molecule is Cc1cc(NC(=O)COC(=O)c2ccc(N3CCCS3(=O)=O)cc2)ccc1Br. The third kappa shape index (κ3) is 4.71. The van der Waals surface area contributed by atoms with Crippen molar-refractivity contribution in [3.05, 3.63) is 58.1 Å². The zero-order chi connectivity index (χ0) is 20.3. The molecule has 148 valence electrons. The van der Waals surface area contributed by atoms with Crippen LogP contribution in [0.3, 0.4) is 0 Å². The van der Waals surface area contributed by atoms with Gasteiger partial charge in [0.2, 0.25) is 10.0 Å². The van der Waals surface area contributed by atoms with Crippen LogP contribution in [0, 0.1) is 6.92 Å². The number of nitrogens with zero attached hydrogens (tertiary/aromatic N) is 1. The number of carbonyl (C=O) groups is 2. The topological polar surface area (TPSA) is 92.8 Å². The zero-order valence-electron chi connectivity index (χ0n) is 15.1. The maximum absolute atomic E-state index is 12.1. The van der Waals surface area contributed by atoms with Crippen LogP contribution in [0.2, 0.25) is 0 Å². The fraction of sp³-hybridized carbons (Fsp3) is 0.263. The Morgan fingerprint density at radius 1 is 1.18 bits per heavy atom. The van der Waals surface area contributed by atoms with Gasteiger partial charge in [-0.2, -0.15) is 0 Å². The van der Waals surface area contributed by atoms with E-state index in [4.69, 9.17) is 4.74 Å². The Hall–Kier alpha value is -2.39. The Morgan fingerprint density at radius 2 is 1.89 bits per heavy atom. The molecule has 9 heteroatoms. The van der Waals surface area contributed by atoms with Crippen molar-refractivity contribution in [2.45, 2.75) is 13.3 Å². The lowest BCUT2D eigenvalue weighted by Crippen LogP contribution is -2.25. The number of hydrogen-bond acceptors (Lipinski definition) is 5. The van der Waals surface area contributed by atoms with Crippen molar-refractivity contribution in [3.63, 3.8) is 0 Å². The van der Waals surface area contributed by atoms with Crippen molar-refractivity contribution in [1.82, 2.24) is 0 Å². The molecule has 0 atom stereocenters. The summed E-state index contributed by atoms with van der Waals surface area (Å²) in [5, 5.41) is 2.66. The second-order valence-corrected chi connectivity index (χ2v) is 9.24. The van der Waals surface area contributed by atoms with Gasteiger partial charge in [0.25, 0.3) is 5.91 Å². The molecular weight excluding hydrogens is 448 g/mol. The minimum absolute atomic E-state index is 0.129. The number of ether oxygens (including phenoxy) is 1. The lowest BCUT2D eigenvalue weighted by atomic mass is 10.2. The van der Waals surface area contributed by atoms with E-state index >= 15 is 0 Å². The molecule has 1 amide bonds. The van der Waals surface area contributed by atoms with Gasteiger partial charge in [-0.3, -0.25) is 9.10 Å². The molecule has 0 bridgehead atoms. The number of rotatable bonds is 5. The summed E-state index contributed by atoms with van der Waals surface area (Å²) >= 11 is 3.39. The molecule has 7 nitrogen and oxygen atoms in total. The van der Waals surface area contributed by atoms with Crippen LogP contribution in [-0.2, 0) is 19.6 Å². The molecule has 3 rings (SSSR count). The fourth-order valence-corrected chi connectivity index (χ4v) is 4.64. The molecule has 2 aromatic rings. The highest BCUT2D eigenvalue weighted by atomic mass is 79.9. The highest BCUT2D eigenvalue weighted by Gasteiger charge is 2.28. The first-order valence-electron chi connectivity index (χ1n) is 8.60. The van der Waals surface area contributed by atoms with Crippen molar-refractivity contribution in [2.75, 3.05) is 28.5 Å². The summed E-state index contributed by atoms with van der Waals surface area (Å²) in [7, 11) is -3.27. The molecule has 1 aliphatic heterocycles. The van der Waals surface area contributed by atoms with Gasteiger partial charge in [0.1, 0.15) is 0 Å². The summed E-state index contributed by atoms with van der Waals surface area (Å²) in [5.41, 5.74) is 2.33. The molecular formula is C19H19BrN2O5S. The number of hydrogen-bond donors (Lipinski definition) is 1. The van der Waals surface area contributed by atoms with E-state index in [0.717, 1.165) is 10.0 Å². The van der Waals surface area contributed by atoms with Gasteiger partial charge in [0, 0.05) is 16.7 Å². The first-order valence-corrected chi connectivity index (χ1v) is 11.0. The quantitative estimate of drug-likeness (QED) is 0.683. The Bertz CT molecular complexity index is 1010. The van der Waals surface area contributed by atoms with Crippen molar-refractivity contribution in [2.24, 2.45) is 0 Å². The monoisotopic (exact) mass is 466 g/mol. The third-order valence-electron chi connectivity index (χ3n) is 4.27. The number of benzene rings is 2. The van der Waals surface area contributed by atoms with E-state index in [9.17, 15) is 18.0 Å². The molecule has 0 spiro atoms. The average Bonchev–Trinajstić information content (AvgIpc) is 3.02. The van der Waals surface area contributed by atoms with E-state index in [2.05, 4.69) is 21.2 Å². The van der Waals surface area contributed by atoms with Crippen LogP contribution in [0.4, 0.5) is 11.4 Å². The number of halogens is 1. The summed E-state index contributed by atoms with van der Waals surface area (Å²) in [6.45, 7) is 1.91. The largest absolute Gasteiger partial charge is 0.452 e. The van der Waals surface area contributed by atoms with Gasteiger partial charge in [0.05, 0.1) is 17.0 Å². The number of nitrogens with one attached hydrogen (secondary N) is 1. The maximum Gasteiger partial charge on any atom is 0.338 e. The number of carbonyl (C=O) groups excluding carboxylic acids is 2. The highest BCUT2D eigenvalue weighted by molar-refractivity contribution is 9.10. The Kier molecular flexibility index (Phi) is 6.04. The fourth-order valence-electron chi connectivity index (χ4n) is 2.83. The van der Waals surface area contributed by atoms with Crippen molar-refractivity contribution < 1.29 is 22.7 Å². The van der Waals surface area contributed by atoms with Gasteiger partial charge in [-0.1, -0.05) is 15.9 Å². The molecule has 2 aromatic carbocycles. The molecule has 0 aliphatic carbocycles. The molecule has 0 aromatic heterocycles. The molecule has 1 fully saturated rings. The molecule has 0 unspecified atom stereocenters. The van der Waals surface area contributed by atoms with E-state index in [-0.39, 0.29) is 11.3 Å². The van der Waals surface area contributed by atoms with E-state index in [1.54, 1.807) is 24.3 Å². The first kappa shape index (κ1) is 20.3. The molecule has 28 heavy (non-hydrogen) atoms. The number of sulfonamides is 1. The standard InChI is InChI=1S/C19H19BrN2O5S/c1-13-11-15(5-8-17(13)20)21-18(23)12-27-19(24)14-3-6-16(7-4-14)22-9-2-10-28(22,25)26/h3-8,11H,2,9-10,12H2,1H3,(H,21,23). The van der Waals surface area contributed by atoms with Crippen molar-refractivity contribution >= 4 is 49.2 Å². The van der Waals surface area contributed by atoms with Crippen LogP contribution in [0.5, 0.6) is 0 Å². The van der Waals surface area contributed by atoms with E-state index in [1.807, 2.05) is 13.0 Å². The first-order chi connectivity index (χ1) is 13.3. The summed E-state index contributed by atoms with van der Waals surface area (Å²) < 4.78 is 31.2. The van der Waals surface area contributed by atoms with E-state index in [0.29, 0.717) is 24.3 Å². The van der Waals surface area contributed by atoms with Gasteiger partial charge in [-0.25, -0.2) is 13.2 Å². The average molecular weight is 467 g/mol. The lowest BCUT2D eigenvalue weighted by Gasteiger charge is -2.16. The predicted octanol–water partition coefficient (Wildman–Crippen LogP) is 3.09. The van der Waals surface area contributed by atoms with Crippen LogP contribution in [-0.4, -0.2) is 39.2 Å². The maximum atomic E-state index is 12.1. The molecule has 1 N–H and O–H groups in total. The normalized spacial score (nSPS) is 15.3. The molecule has 1 aliphatic rings. The van der Waals surface area contributed by atoms with Gasteiger partial charge in [-0.15, -0.1) is 0 Å². The number of aryl methyl sites for hydroxylation is 1. The summed E-state index contributed by atoms with van der Waals surface area (Å²) in [5.74, 6) is -0.975. The molecule has 1 saturated heterocycles. The second kappa shape index (κ2) is 8.32. The highest BCUT2D eigenvalue weighted by Crippen LogP contribution is 2.24. The van der Waals surface area contributed by atoms with Crippen molar-refractivity contribution in [3.8, 4) is 0 Å². The van der Waals surface area contributed by atoms with Gasteiger partial charge < -0.3 is 10.1 Å². The van der Waals surface area contributed by atoms with E-state index in [1.165, 1.54) is 16.4 Å². The number of anilines is 2. The molecule has 0 saturated carbocycles. The Balaban J connectivity index is 1.56. The molecule has 1 heterocycles. The van der Waals surface area contributed by atoms with Gasteiger partial charge in [0.15, 0.2) is 6.61 Å². The number of amides is 1. The lowest BCUT2D eigenvalue weighted by molar-refractivity contribution is -0.119. The van der Waals surface area contributed by atoms with E-state index < -0.39 is 28.5 Å². The summed E-state index contributed by atoms with van der Waals surface area (Å²) in [6, 6.07) is 11.5. The third-order valence-corrected chi connectivity index (χ3v) is 7.03. The minimum Gasteiger partial charge on any atom is -0.452 e. The smallest absolute Gasteiger partial charge is 0.338 e. The van der Waals surface area contributed by atoms with Gasteiger partial charge >= 0.3 is 5.97 Å². The van der Waals surface area contributed by atoms with Crippen molar-refractivity contribution in [1.29, 1.82) is 0 Å². The number of esters is 1.